The van der Waals surface area contributed by atoms with E-state index in [0.717, 1.165) is 0 Å². The molecule has 1 heterocycles. The maximum Gasteiger partial charge on any atom is 0.305 e. The molecule has 13 heteroatoms. The molecular formula is C34H32Cl2N4O7. The minimum Gasteiger partial charge on any atom is -0.481 e. The molecule has 4 aromatic rings. The van der Waals surface area contributed by atoms with Gasteiger partial charge in [0, 0.05) is 12.1 Å². The van der Waals surface area contributed by atoms with Gasteiger partial charge >= 0.3 is 5.97 Å². The summed E-state index contributed by atoms with van der Waals surface area (Å²) in [6.45, 7) is 2.97. The summed E-state index contributed by atoms with van der Waals surface area (Å²) in [4.78, 5) is 70.6. The Hall–Kier alpha value is -5.00. The zero-order valence-electron chi connectivity index (χ0n) is 25.5. The van der Waals surface area contributed by atoms with E-state index in [4.69, 9.17) is 27.6 Å². The van der Waals surface area contributed by atoms with Crippen LogP contribution in [0, 0.1) is 5.92 Å². The number of aliphatic carboxylic acids is 1. The van der Waals surface area contributed by atoms with Crippen molar-refractivity contribution in [1.29, 1.82) is 0 Å². The van der Waals surface area contributed by atoms with E-state index in [1.807, 2.05) is 0 Å². The molecule has 4 rings (SSSR count). The summed E-state index contributed by atoms with van der Waals surface area (Å²) < 4.78 is 5.59. The highest BCUT2D eigenvalue weighted by Crippen LogP contribution is 2.35. The molecule has 2 unspecified atom stereocenters. The van der Waals surface area contributed by atoms with Gasteiger partial charge < -0.3 is 25.1 Å². The first-order chi connectivity index (χ1) is 22.4. The number of halogens is 2. The number of nitrogens with one attached hydrogen (secondary N) is 2. The quantitative estimate of drug-likeness (QED) is 0.152. The first-order valence-electron chi connectivity index (χ1n) is 14.6. The Bertz CT molecular complexity index is 1730. The summed E-state index contributed by atoms with van der Waals surface area (Å²) >= 11 is 12.5. The van der Waals surface area contributed by atoms with Gasteiger partial charge in [-0.1, -0.05) is 91.6 Å². The number of carbonyl (C=O) groups excluding carboxylic acids is 4. The number of oxazole rings is 1. The van der Waals surface area contributed by atoms with Crippen LogP contribution in [-0.4, -0.2) is 63.1 Å². The van der Waals surface area contributed by atoms with Crippen LogP contribution in [0.15, 0.2) is 89.5 Å². The van der Waals surface area contributed by atoms with Crippen molar-refractivity contribution in [2.24, 2.45) is 5.92 Å². The van der Waals surface area contributed by atoms with Crippen LogP contribution in [0.3, 0.4) is 0 Å². The number of Topliss-reactive ketones (excluding diaryl/α,β-unsaturated/α-hetero) is 1. The Kier molecular flexibility index (Phi) is 11.9. The van der Waals surface area contributed by atoms with Crippen molar-refractivity contribution >= 4 is 52.7 Å². The number of aromatic nitrogens is 1. The number of nitrogens with zero attached hydrogens (tertiary/aromatic N) is 2. The molecule has 0 spiro atoms. The van der Waals surface area contributed by atoms with Crippen molar-refractivity contribution in [3.63, 3.8) is 0 Å². The predicted octanol–water partition coefficient (Wildman–Crippen LogP) is 5.27. The zero-order valence-corrected chi connectivity index (χ0v) is 27.0. The molecule has 0 bridgehead atoms. The highest BCUT2D eigenvalue weighted by molar-refractivity contribution is 6.39. The van der Waals surface area contributed by atoms with Crippen LogP contribution >= 0.6 is 23.2 Å². The highest BCUT2D eigenvalue weighted by atomic mass is 35.5. The van der Waals surface area contributed by atoms with E-state index in [1.165, 1.54) is 11.1 Å². The maximum atomic E-state index is 13.9. The molecular weight excluding hydrogens is 647 g/mol. The van der Waals surface area contributed by atoms with Crippen molar-refractivity contribution in [3.05, 3.63) is 112 Å². The Morgan fingerprint density at radius 2 is 1.49 bits per heavy atom. The van der Waals surface area contributed by atoms with Crippen LogP contribution in [0.5, 0.6) is 0 Å². The van der Waals surface area contributed by atoms with Crippen molar-refractivity contribution < 1.29 is 33.5 Å². The molecule has 0 saturated carbocycles. The number of amides is 3. The summed E-state index contributed by atoms with van der Waals surface area (Å²) in [6.07, 6.45) is 0.430. The lowest BCUT2D eigenvalue weighted by molar-refractivity contribution is -0.140. The molecule has 1 aromatic heterocycles. The number of ketones is 1. The van der Waals surface area contributed by atoms with E-state index in [0.29, 0.717) is 11.1 Å². The van der Waals surface area contributed by atoms with Crippen molar-refractivity contribution in [2.45, 2.75) is 38.9 Å². The molecule has 0 radical (unpaired) electrons. The van der Waals surface area contributed by atoms with Crippen molar-refractivity contribution in [2.75, 3.05) is 6.54 Å². The summed E-state index contributed by atoms with van der Waals surface area (Å²) in [5.41, 5.74) is 1.35. The van der Waals surface area contributed by atoms with E-state index in [2.05, 4.69) is 15.6 Å². The monoisotopic (exact) mass is 678 g/mol. The Labute approximate surface area is 280 Å². The molecule has 11 nitrogen and oxygen atoms in total. The number of rotatable bonds is 14. The van der Waals surface area contributed by atoms with Gasteiger partial charge in [-0.15, -0.1) is 0 Å². The molecule has 0 fully saturated rings. The second kappa shape index (κ2) is 16.0. The molecule has 3 aromatic carbocycles. The van der Waals surface area contributed by atoms with Gasteiger partial charge in [0.2, 0.25) is 17.6 Å². The topological polar surface area (TPSA) is 159 Å². The van der Waals surface area contributed by atoms with Gasteiger partial charge in [0.05, 0.1) is 34.8 Å². The Balaban J connectivity index is 1.56. The number of hydrogen-bond donors (Lipinski definition) is 3. The normalized spacial score (nSPS) is 12.2. The fourth-order valence-corrected chi connectivity index (χ4v) is 5.31. The van der Waals surface area contributed by atoms with Gasteiger partial charge in [-0.3, -0.25) is 24.0 Å². The maximum absolute atomic E-state index is 13.9. The fourth-order valence-electron chi connectivity index (χ4n) is 4.72. The van der Waals surface area contributed by atoms with Gasteiger partial charge in [0.25, 0.3) is 11.8 Å². The number of benzene rings is 3. The molecule has 0 aliphatic carbocycles. The van der Waals surface area contributed by atoms with Crippen LogP contribution in [0.4, 0.5) is 0 Å². The van der Waals surface area contributed by atoms with E-state index in [-0.39, 0.29) is 33.8 Å². The SMILES string of the molecule is CC(C)C(NC(=O)c1ccccc1)C(=O)N(CC(=O)NC(CC(=O)O)C(=O)c1ncc(-c2c(Cl)cccc2Cl)o1)Cc1ccccc1. The van der Waals surface area contributed by atoms with Gasteiger partial charge in [-0.25, -0.2) is 4.98 Å². The molecule has 3 N–H and O–H groups in total. The Morgan fingerprint density at radius 1 is 0.872 bits per heavy atom. The second-order valence-electron chi connectivity index (χ2n) is 10.9. The number of carboxylic acid groups (broad SMARTS) is 1. The largest absolute Gasteiger partial charge is 0.481 e. The molecule has 47 heavy (non-hydrogen) atoms. The number of hydrogen-bond acceptors (Lipinski definition) is 7. The number of carboxylic acids is 1. The average Bonchev–Trinajstić information content (AvgIpc) is 3.52. The van der Waals surface area contributed by atoms with Crippen molar-refractivity contribution in [1.82, 2.24) is 20.5 Å². The summed E-state index contributed by atoms with van der Waals surface area (Å²) in [5, 5.41) is 15.2. The van der Waals surface area contributed by atoms with Gasteiger partial charge in [-0.2, -0.15) is 0 Å². The van der Waals surface area contributed by atoms with E-state index >= 15 is 0 Å². The third kappa shape index (κ3) is 9.27. The summed E-state index contributed by atoms with van der Waals surface area (Å²) in [6, 6.07) is 19.5. The van der Waals surface area contributed by atoms with E-state index < -0.39 is 60.4 Å². The highest BCUT2D eigenvalue weighted by Gasteiger charge is 2.33. The lowest BCUT2D eigenvalue weighted by Gasteiger charge is -2.30. The van der Waals surface area contributed by atoms with E-state index in [1.54, 1.807) is 92.7 Å². The Morgan fingerprint density at radius 3 is 2.09 bits per heavy atom. The molecule has 0 saturated heterocycles. The van der Waals surface area contributed by atoms with E-state index in [9.17, 15) is 29.1 Å². The van der Waals surface area contributed by atoms with Crippen LogP contribution in [0.2, 0.25) is 10.0 Å². The molecule has 3 amide bonds. The zero-order chi connectivity index (χ0) is 34.1. The molecule has 244 valence electrons. The molecule has 2 atom stereocenters. The third-order valence-corrected chi connectivity index (χ3v) is 7.70. The van der Waals surface area contributed by atoms with Crippen LogP contribution in [-0.2, 0) is 20.9 Å². The number of carbonyl (C=O) groups is 5. The second-order valence-corrected chi connectivity index (χ2v) is 11.8. The predicted molar refractivity (Wildman–Crippen MR) is 175 cm³/mol. The third-order valence-electron chi connectivity index (χ3n) is 7.07. The molecule has 0 aliphatic rings. The molecule has 0 aliphatic heterocycles. The smallest absolute Gasteiger partial charge is 0.305 e. The lowest BCUT2D eigenvalue weighted by Crippen LogP contribution is -2.54. The lowest BCUT2D eigenvalue weighted by atomic mass is 10.0. The summed E-state index contributed by atoms with van der Waals surface area (Å²) in [7, 11) is 0. The van der Waals surface area contributed by atoms with Gasteiger partial charge in [0.15, 0.2) is 5.76 Å². The fraction of sp³-hybridized carbons (Fsp3) is 0.235. The summed E-state index contributed by atoms with van der Waals surface area (Å²) in [5.74, 6) is -4.85. The van der Waals surface area contributed by atoms with Gasteiger partial charge in [-0.05, 0) is 35.7 Å². The minimum atomic E-state index is -1.58. The van der Waals surface area contributed by atoms with Crippen LogP contribution in [0.1, 0.15) is 46.9 Å². The average molecular weight is 680 g/mol. The van der Waals surface area contributed by atoms with Crippen LogP contribution in [0.25, 0.3) is 11.3 Å². The van der Waals surface area contributed by atoms with Gasteiger partial charge in [0.1, 0.15) is 12.1 Å². The van der Waals surface area contributed by atoms with Crippen LogP contribution < -0.4 is 10.6 Å². The first kappa shape index (κ1) is 34.9. The first-order valence-corrected chi connectivity index (χ1v) is 15.3. The minimum absolute atomic E-state index is 0.00322. The van der Waals surface area contributed by atoms with Crippen molar-refractivity contribution in [3.8, 4) is 11.3 Å². The standard InChI is InChI=1S/C34H32Cl2N4O7/c1-20(2)30(39-32(45)22-12-7-4-8-13-22)34(46)40(18-21-10-5-3-6-11-21)19-27(41)38-25(16-28(42)43)31(44)33-37-17-26(47-33)29-23(35)14-9-15-24(29)36/h3-15,17,20,25,30H,16,18-19H2,1-2H3,(H,38,41)(H,39,45)(H,42,43).